The zero-order chi connectivity index (χ0) is 13.8. The second-order valence-corrected chi connectivity index (χ2v) is 5.14. The molecule has 0 saturated carbocycles. The van der Waals surface area contributed by atoms with E-state index in [0.29, 0.717) is 17.9 Å². The fourth-order valence-corrected chi connectivity index (χ4v) is 1.83. The molecule has 1 aromatic carbocycles. The molecule has 19 heavy (non-hydrogen) atoms. The number of anilines is 2. The Morgan fingerprint density at radius 2 is 2.05 bits per heavy atom. The van der Waals surface area contributed by atoms with E-state index in [1.807, 2.05) is 25.1 Å². The summed E-state index contributed by atoms with van der Waals surface area (Å²) in [6.45, 7) is 1.95. The third-order valence-electron chi connectivity index (χ3n) is 2.66. The van der Waals surface area contributed by atoms with E-state index < -0.39 is 0 Å². The van der Waals surface area contributed by atoms with Gasteiger partial charge in [-0.3, -0.25) is 4.79 Å². The number of aryl methyl sites for hydroxylation is 1. The molecule has 0 saturated heterocycles. The number of nitrogens with zero attached hydrogens (tertiary/aromatic N) is 1. The number of benzene rings is 1. The normalized spacial score (nSPS) is 10.2. The van der Waals surface area contributed by atoms with E-state index in [4.69, 9.17) is 5.73 Å². The van der Waals surface area contributed by atoms with Crippen molar-refractivity contribution in [2.24, 2.45) is 0 Å². The van der Waals surface area contributed by atoms with E-state index in [2.05, 4.69) is 26.2 Å². The van der Waals surface area contributed by atoms with Crippen LogP contribution in [0, 0.1) is 6.92 Å². The molecule has 2 rings (SSSR count). The van der Waals surface area contributed by atoms with Crippen LogP contribution < -0.4 is 11.1 Å². The number of hydrogen-bond acceptors (Lipinski definition) is 3. The van der Waals surface area contributed by atoms with Crippen molar-refractivity contribution in [2.75, 3.05) is 11.1 Å². The van der Waals surface area contributed by atoms with Crippen LogP contribution in [-0.4, -0.2) is 10.9 Å². The minimum absolute atomic E-state index is 0.0982. The minimum Gasteiger partial charge on any atom is -0.399 e. The number of nitrogens with one attached hydrogen (secondary N) is 1. The highest BCUT2D eigenvalue weighted by atomic mass is 79.9. The Bertz CT molecular complexity index is 596. The molecule has 0 unspecified atom stereocenters. The van der Waals surface area contributed by atoms with Crippen LogP contribution >= 0.6 is 15.9 Å². The lowest BCUT2D eigenvalue weighted by atomic mass is 10.1. The third-order valence-corrected chi connectivity index (χ3v) is 3.49. The molecule has 3 N–H and O–H groups in total. The summed E-state index contributed by atoms with van der Waals surface area (Å²) in [5.41, 5.74) is 8.23. The fourth-order valence-electron chi connectivity index (χ4n) is 1.62. The van der Waals surface area contributed by atoms with Gasteiger partial charge in [-0.05, 0) is 52.2 Å². The molecule has 0 bridgehead atoms. The molecule has 1 aromatic heterocycles. The van der Waals surface area contributed by atoms with E-state index in [0.717, 1.165) is 15.6 Å². The number of nitrogen functional groups attached to an aromatic ring is 1. The molecule has 0 aliphatic heterocycles. The highest BCUT2D eigenvalue weighted by Crippen LogP contribution is 2.17. The van der Waals surface area contributed by atoms with E-state index in [1.165, 1.54) is 0 Å². The van der Waals surface area contributed by atoms with Crippen LogP contribution in [0.5, 0.6) is 0 Å². The van der Waals surface area contributed by atoms with E-state index in [1.54, 1.807) is 18.3 Å². The van der Waals surface area contributed by atoms with Crippen molar-refractivity contribution in [1.82, 2.24) is 4.98 Å². The molecule has 1 heterocycles. The van der Waals surface area contributed by atoms with Crippen molar-refractivity contribution in [2.45, 2.75) is 13.3 Å². The standard InChI is InChI=1S/C14H14BrN3O/c1-9-6-13(17-8-12(9)15)18-14(19)7-10-2-4-11(16)5-3-10/h2-6,8H,7,16H2,1H3,(H,17,18,19). The van der Waals surface area contributed by atoms with Gasteiger partial charge in [0.05, 0.1) is 6.42 Å². The zero-order valence-corrected chi connectivity index (χ0v) is 12.1. The van der Waals surface area contributed by atoms with Gasteiger partial charge in [0.1, 0.15) is 5.82 Å². The summed E-state index contributed by atoms with van der Waals surface area (Å²) in [5.74, 6) is 0.458. The lowest BCUT2D eigenvalue weighted by molar-refractivity contribution is -0.115. The topological polar surface area (TPSA) is 68.0 Å². The molecule has 1 amide bonds. The monoisotopic (exact) mass is 319 g/mol. The maximum absolute atomic E-state index is 11.9. The molecule has 2 aromatic rings. The summed E-state index contributed by atoms with van der Waals surface area (Å²) < 4.78 is 0.920. The maximum Gasteiger partial charge on any atom is 0.229 e. The van der Waals surface area contributed by atoms with Crippen LogP contribution in [0.3, 0.4) is 0 Å². The molecule has 0 aliphatic rings. The van der Waals surface area contributed by atoms with Gasteiger partial charge >= 0.3 is 0 Å². The summed E-state index contributed by atoms with van der Waals surface area (Å²) >= 11 is 3.37. The molecule has 4 nitrogen and oxygen atoms in total. The van der Waals surface area contributed by atoms with Gasteiger partial charge in [0, 0.05) is 16.4 Å². The first-order valence-corrected chi connectivity index (χ1v) is 6.60. The van der Waals surface area contributed by atoms with Gasteiger partial charge in [-0.15, -0.1) is 0 Å². The lowest BCUT2D eigenvalue weighted by Crippen LogP contribution is -2.15. The van der Waals surface area contributed by atoms with Crippen molar-refractivity contribution >= 4 is 33.3 Å². The van der Waals surface area contributed by atoms with Crippen molar-refractivity contribution in [3.8, 4) is 0 Å². The number of aromatic nitrogens is 1. The van der Waals surface area contributed by atoms with Crippen LogP contribution in [-0.2, 0) is 11.2 Å². The van der Waals surface area contributed by atoms with Crippen molar-refractivity contribution < 1.29 is 4.79 Å². The van der Waals surface area contributed by atoms with Crippen molar-refractivity contribution in [3.05, 3.63) is 52.1 Å². The first-order valence-electron chi connectivity index (χ1n) is 5.81. The number of hydrogen-bond donors (Lipinski definition) is 2. The first-order chi connectivity index (χ1) is 9.04. The fraction of sp³-hybridized carbons (Fsp3) is 0.143. The van der Waals surface area contributed by atoms with Crippen LogP contribution in [0.15, 0.2) is 41.0 Å². The molecular weight excluding hydrogens is 306 g/mol. The van der Waals surface area contributed by atoms with Crippen LogP contribution in [0.25, 0.3) is 0 Å². The summed E-state index contributed by atoms with van der Waals surface area (Å²) in [6.07, 6.45) is 1.98. The Labute approximate surface area is 120 Å². The molecule has 0 aliphatic carbocycles. The van der Waals surface area contributed by atoms with E-state index in [9.17, 15) is 4.79 Å². The second kappa shape index (κ2) is 5.84. The number of halogens is 1. The lowest BCUT2D eigenvalue weighted by Gasteiger charge is -2.06. The Balaban J connectivity index is 2.01. The van der Waals surface area contributed by atoms with Gasteiger partial charge in [0.15, 0.2) is 0 Å². The maximum atomic E-state index is 11.9. The highest BCUT2D eigenvalue weighted by molar-refractivity contribution is 9.10. The Hall–Kier alpha value is -1.88. The quantitative estimate of drug-likeness (QED) is 0.855. The van der Waals surface area contributed by atoms with Gasteiger partial charge in [0.2, 0.25) is 5.91 Å². The molecule has 5 heteroatoms. The molecule has 98 valence electrons. The first kappa shape index (κ1) is 13.5. The zero-order valence-electron chi connectivity index (χ0n) is 10.5. The van der Waals surface area contributed by atoms with Gasteiger partial charge in [0.25, 0.3) is 0 Å². The summed E-state index contributed by atoms with van der Waals surface area (Å²) in [6, 6.07) is 9.07. The number of amides is 1. The van der Waals surface area contributed by atoms with Crippen molar-refractivity contribution in [3.63, 3.8) is 0 Å². The predicted octanol–water partition coefficient (Wildman–Crippen LogP) is 2.92. The summed E-state index contributed by atoms with van der Waals surface area (Å²) in [5, 5.41) is 2.77. The number of rotatable bonds is 3. The number of pyridine rings is 1. The SMILES string of the molecule is Cc1cc(NC(=O)Cc2ccc(N)cc2)ncc1Br. The third kappa shape index (κ3) is 3.79. The van der Waals surface area contributed by atoms with Crippen LogP contribution in [0.1, 0.15) is 11.1 Å². The molecule has 0 fully saturated rings. The minimum atomic E-state index is -0.0982. The summed E-state index contributed by atoms with van der Waals surface area (Å²) in [7, 11) is 0. The van der Waals surface area contributed by atoms with Gasteiger partial charge in [-0.1, -0.05) is 12.1 Å². The molecule has 0 atom stereocenters. The van der Waals surface area contributed by atoms with Gasteiger partial charge < -0.3 is 11.1 Å². The second-order valence-electron chi connectivity index (χ2n) is 4.29. The predicted molar refractivity (Wildman–Crippen MR) is 79.9 cm³/mol. The summed E-state index contributed by atoms with van der Waals surface area (Å²) in [4.78, 5) is 16.0. The smallest absolute Gasteiger partial charge is 0.229 e. The Kier molecular flexibility index (Phi) is 4.16. The molecule has 0 radical (unpaired) electrons. The molecule has 0 spiro atoms. The number of carbonyl (C=O) groups excluding carboxylic acids is 1. The van der Waals surface area contributed by atoms with E-state index >= 15 is 0 Å². The van der Waals surface area contributed by atoms with Gasteiger partial charge in [-0.25, -0.2) is 4.98 Å². The Morgan fingerprint density at radius 1 is 1.37 bits per heavy atom. The van der Waals surface area contributed by atoms with Crippen LogP contribution in [0.2, 0.25) is 0 Å². The molecular formula is C14H14BrN3O. The van der Waals surface area contributed by atoms with Gasteiger partial charge in [-0.2, -0.15) is 0 Å². The van der Waals surface area contributed by atoms with Crippen LogP contribution in [0.4, 0.5) is 11.5 Å². The highest BCUT2D eigenvalue weighted by Gasteiger charge is 2.06. The average Bonchev–Trinajstić information content (AvgIpc) is 2.37. The largest absolute Gasteiger partial charge is 0.399 e. The average molecular weight is 320 g/mol. The number of nitrogens with two attached hydrogens (primary N) is 1. The Morgan fingerprint density at radius 3 is 2.68 bits per heavy atom. The van der Waals surface area contributed by atoms with E-state index in [-0.39, 0.29) is 5.91 Å². The van der Waals surface area contributed by atoms with Crippen molar-refractivity contribution in [1.29, 1.82) is 0 Å². The number of carbonyl (C=O) groups is 1.